The number of fused-ring (bicyclic) bond motifs is 1. The van der Waals surface area contributed by atoms with Crippen molar-refractivity contribution in [1.29, 1.82) is 0 Å². The van der Waals surface area contributed by atoms with Crippen molar-refractivity contribution in [3.63, 3.8) is 0 Å². The van der Waals surface area contributed by atoms with Crippen LogP contribution in [0.1, 0.15) is 34.6 Å². The summed E-state index contributed by atoms with van der Waals surface area (Å²) in [5.41, 5.74) is 1.43. The molecule has 5 nitrogen and oxygen atoms in total. The monoisotopic (exact) mass is 272 g/mol. The highest BCUT2D eigenvalue weighted by Gasteiger charge is 2.41. The Balaban J connectivity index is 2.01. The third-order valence-corrected chi connectivity index (χ3v) is 4.39. The highest BCUT2D eigenvalue weighted by atomic mass is 32.2. The van der Waals surface area contributed by atoms with E-state index >= 15 is 0 Å². The number of nitrogens with zero attached hydrogens (tertiary/aromatic N) is 2. The number of hydrogen-bond acceptors (Lipinski definition) is 4. The predicted octanol–water partition coefficient (Wildman–Crippen LogP) is 1.86. The number of carbonyl (C=O) groups is 1. The molecule has 3 rings (SSSR count). The zero-order valence-corrected chi connectivity index (χ0v) is 10.5. The van der Waals surface area contributed by atoms with Gasteiger partial charge < -0.3 is 9.84 Å². The normalized spacial score (nSPS) is 26.5. The smallest absolute Gasteiger partial charge is 0.356 e. The summed E-state index contributed by atoms with van der Waals surface area (Å²) in [5.74, 6) is -1.09. The van der Waals surface area contributed by atoms with E-state index in [-0.39, 0.29) is 23.4 Å². The summed E-state index contributed by atoms with van der Waals surface area (Å²) in [5, 5.41) is 12.9. The van der Waals surface area contributed by atoms with Crippen LogP contribution in [0.25, 0.3) is 0 Å². The van der Waals surface area contributed by atoms with Gasteiger partial charge in [-0.25, -0.2) is 4.79 Å². The first-order valence-corrected chi connectivity index (χ1v) is 6.53. The molecule has 18 heavy (non-hydrogen) atoms. The summed E-state index contributed by atoms with van der Waals surface area (Å²) in [7, 11) is 0. The van der Waals surface area contributed by atoms with E-state index in [2.05, 4.69) is 5.10 Å². The molecule has 1 aliphatic carbocycles. The minimum atomic E-state index is -1.09. The topological polar surface area (TPSA) is 64.3 Å². The summed E-state index contributed by atoms with van der Waals surface area (Å²) < 4.78 is 19.4. The zero-order chi connectivity index (χ0) is 12.8. The molecule has 1 N–H and O–H groups in total. The lowest BCUT2D eigenvalue weighted by molar-refractivity contribution is 0.0688. The number of halogens is 1. The molecule has 2 heterocycles. The second-order valence-electron chi connectivity index (χ2n) is 5.00. The lowest BCUT2D eigenvalue weighted by Crippen LogP contribution is -2.30. The second kappa shape index (κ2) is 4.24. The quantitative estimate of drug-likeness (QED) is 0.890. The van der Waals surface area contributed by atoms with E-state index in [1.165, 1.54) is 0 Å². The summed E-state index contributed by atoms with van der Waals surface area (Å²) in [6, 6.07) is 0. The van der Waals surface area contributed by atoms with Crippen molar-refractivity contribution in [2.75, 3.05) is 13.2 Å². The van der Waals surface area contributed by atoms with Crippen molar-refractivity contribution in [2.45, 2.75) is 25.7 Å². The average Bonchev–Trinajstić information content (AvgIpc) is 2.94. The van der Waals surface area contributed by atoms with Crippen LogP contribution >= 0.6 is 12.3 Å². The molecule has 7 heteroatoms. The molecule has 1 aliphatic heterocycles. The minimum Gasteiger partial charge on any atom is -0.476 e. The summed E-state index contributed by atoms with van der Waals surface area (Å²) >= 11 is -0.0348. The minimum absolute atomic E-state index is 0.0103. The van der Waals surface area contributed by atoms with E-state index in [1.54, 1.807) is 0 Å². The van der Waals surface area contributed by atoms with Crippen molar-refractivity contribution in [1.82, 2.24) is 9.19 Å². The highest BCUT2D eigenvalue weighted by Crippen LogP contribution is 2.43. The van der Waals surface area contributed by atoms with Gasteiger partial charge in [0, 0.05) is 17.6 Å². The van der Waals surface area contributed by atoms with E-state index in [1.807, 2.05) is 0 Å². The Labute approximate surface area is 108 Å². The Morgan fingerprint density at radius 3 is 3.00 bits per heavy atom. The Hall–Kier alpha value is -1.08. The summed E-state index contributed by atoms with van der Waals surface area (Å²) in [6.07, 6.45) is 3.14. The largest absolute Gasteiger partial charge is 0.476 e. The Kier molecular flexibility index (Phi) is 2.82. The maximum absolute atomic E-state index is 12.9. The molecule has 0 bridgehead atoms. The molecule has 1 spiro atoms. The van der Waals surface area contributed by atoms with Gasteiger partial charge in [0.05, 0.1) is 12.3 Å². The fraction of sp³-hybridized carbons (Fsp3) is 0.636. The molecule has 1 fully saturated rings. The fourth-order valence-electron chi connectivity index (χ4n) is 2.95. The van der Waals surface area contributed by atoms with E-state index < -0.39 is 5.97 Å². The molecule has 1 aromatic heterocycles. The van der Waals surface area contributed by atoms with Gasteiger partial charge in [-0.3, -0.25) is 0 Å². The number of ether oxygens (including phenoxy) is 1. The van der Waals surface area contributed by atoms with Gasteiger partial charge in [0.15, 0.2) is 18.0 Å². The van der Waals surface area contributed by atoms with Crippen LogP contribution in [0.3, 0.4) is 0 Å². The van der Waals surface area contributed by atoms with Gasteiger partial charge in [-0.2, -0.15) is 9.19 Å². The first-order valence-electron chi connectivity index (χ1n) is 5.86. The van der Waals surface area contributed by atoms with E-state index in [9.17, 15) is 8.68 Å². The summed E-state index contributed by atoms with van der Waals surface area (Å²) in [4.78, 5) is 11.1. The van der Waals surface area contributed by atoms with Crippen LogP contribution in [0.4, 0.5) is 3.89 Å². The van der Waals surface area contributed by atoms with Gasteiger partial charge in [0.1, 0.15) is 0 Å². The van der Waals surface area contributed by atoms with Crippen LogP contribution in [0, 0.1) is 5.41 Å². The van der Waals surface area contributed by atoms with E-state index in [0.29, 0.717) is 30.7 Å². The third-order valence-electron chi connectivity index (χ3n) is 3.96. The second-order valence-corrected chi connectivity index (χ2v) is 5.48. The molecule has 0 amide bonds. The fourth-order valence-corrected chi connectivity index (χ4v) is 3.32. The molecule has 98 valence electrons. The first kappa shape index (κ1) is 12.0. The number of carboxylic acid groups (broad SMARTS) is 1. The average molecular weight is 272 g/mol. The molecule has 0 radical (unpaired) electrons. The van der Waals surface area contributed by atoms with Crippen molar-refractivity contribution in [3.05, 3.63) is 17.0 Å². The molecule has 1 aromatic rings. The Morgan fingerprint density at radius 2 is 2.39 bits per heavy atom. The Morgan fingerprint density at radius 1 is 1.56 bits per heavy atom. The maximum Gasteiger partial charge on any atom is 0.356 e. The van der Waals surface area contributed by atoms with Gasteiger partial charge in [-0.05, 0) is 25.7 Å². The van der Waals surface area contributed by atoms with Gasteiger partial charge in [-0.15, -0.1) is 3.89 Å². The standard InChI is InChI=1S/C11H13FN2O3S/c12-18-14-8-5-11(3-4-17-6-11)2-1-7(8)9(13-14)10(15)16/h1-6H2,(H,15,16). The van der Waals surface area contributed by atoms with Gasteiger partial charge in [-0.1, -0.05) is 0 Å². The van der Waals surface area contributed by atoms with Crippen LogP contribution in [0.5, 0.6) is 0 Å². The summed E-state index contributed by atoms with van der Waals surface area (Å²) in [6.45, 7) is 1.41. The molecule has 0 saturated carbocycles. The van der Waals surface area contributed by atoms with Crippen LogP contribution in [-0.4, -0.2) is 33.5 Å². The number of aromatic nitrogens is 2. The molecule has 1 atom stereocenters. The molecule has 1 unspecified atom stereocenters. The third kappa shape index (κ3) is 1.73. The number of aromatic carboxylic acids is 1. The van der Waals surface area contributed by atoms with Crippen molar-refractivity contribution >= 4 is 18.3 Å². The maximum atomic E-state index is 12.9. The predicted molar refractivity (Wildman–Crippen MR) is 63.2 cm³/mol. The molecular weight excluding hydrogens is 259 g/mol. The Bertz CT molecular complexity index is 497. The van der Waals surface area contributed by atoms with Crippen LogP contribution < -0.4 is 0 Å². The van der Waals surface area contributed by atoms with Crippen molar-refractivity contribution < 1.29 is 18.5 Å². The van der Waals surface area contributed by atoms with Gasteiger partial charge >= 0.3 is 5.97 Å². The van der Waals surface area contributed by atoms with E-state index in [4.69, 9.17) is 9.84 Å². The van der Waals surface area contributed by atoms with Crippen molar-refractivity contribution in [3.8, 4) is 0 Å². The zero-order valence-electron chi connectivity index (χ0n) is 9.69. The van der Waals surface area contributed by atoms with Gasteiger partial charge in [0.25, 0.3) is 0 Å². The lowest BCUT2D eigenvalue weighted by atomic mass is 9.73. The van der Waals surface area contributed by atoms with Crippen LogP contribution in [0.2, 0.25) is 0 Å². The molecular formula is C11H13FN2O3S. The van der Waals surface area contributed by atoms with Gasteiger partial charge in [0.2, 0.25) is 0 Å². The van der Waals surface area contributed by atoms with Crippen LogP contribution in [0.15, 0.2) is 0 Å². The highest BCUT2D eigenvalue weighted by molar-refractivity contribution is 7.92. The number of carboxylic acids is 1. The molecule has 1 saturated heterocycles. The molecule has 0 aromatic carbocycles. The van der Waals surface area contributed by atoms with Crippen molar-refractivity contribution in [2.24, 2.45) is 5.41 Å². The lowest BCUT2D eigenvalue weighted by Gasteiger charge is -2.31. The number of rotatable bonds is 2. The SMILES string of the molecule is O=C(O)c1nn(SF)c2c1CCC1(CCOC1)C2. The number of hydrogen-bond donors (Lipinski definition) is 1. The van der Waals surface area contributed by atoms with Crippen LogP contribution in [-0.2, 0) is 17.6 Å². The van der Waals surface area contributed by atoms with E-state index in [0.717, 1.165) is 23.5 Å². The first-order chi connectivity index (χ1) is 8.65. The molecule has 2 aliphatic rings.